The lowest BCUT2D eigenvalue weighted by molar-refractivity contribution is -0.190. The number of hydrogen-bond donors (Lipinski definition) is 2. The van der Waals surface area contributed by atoms with Gasteiger partial charge in [0.1, 0.15) is 5.82 Å². The number of benzene rings is 1. The first kappa shape index (κ1) is 19.9. The second-order valence-corrected chi connectivity index (χ2v) is 10.4. The van der Waals surface area contributed by atoms with Gasteiger partial charge in [-0.05, 0) is 74.2 Å². The molecule has 0 saturated heterocycles. The lowest BCUT2D eigenvalue weighted by Gasteiger charge is -2.61. The van der Waals surface area contributed by atoms with E-state index in [1.807, 2.05) is 10.6 Å². The zero-order chi connectivity index (χ0) is 21.2. The maximum Gasteiger partial charge on any atom is 0.129 e. The molecule has 166 valence electrons. The second kappa shape index (κ2) is 7.39. The lowest BCUT2D eigenvalue weighted by atomic mass is 9.46. The van der Waals surface area contributed by atoms with Crippen LogP contribution in [0.5, 0.6) is 0 Å². The topological polar surface area (TPSA) is 67.5 Å². The van der Waals surface area contributed by atoms with Gasteiger partial charge in [0.15, 0.2) is 0 Å². The van der Waals surface area contributed by atoms with Gasteiger partial charge in [-0.3, -0.25) is 0 Å². The van der Waals surface area contributed by atoms with Gasteiger partial charge in [0.05, 0.1) is 36.5 Å². The summed E-state index contributed by atoms with van der Waals surface area (Å²) in [7, 11) is 0. The van der Waals surface area contributed by atoms with Crippen molar-refractivity contribution < 1.29 is 19.3 Å². The summed E-state index contributed by atoms with van der Waals surface area (Å²) in [5, 5.41) is 20.7. The third kappa shape index (κ3) is 3.02. The van der Waals surface area contributed by atoms with E-state index in [0.29, 0.717) is 42.8 Å². The fourth-order valence-corrected chi connectivity index (χ4v) is 7.70. The number of aliphatic hydroxyl groups is 2. The molecule has 6 heteroatoms. The molecule has 6 unspecified atom stereocenters. The molecule has 1 aliphatic heterocycles. The summed E-state index contributed by atoms with van der Waals surface area (Å²) in [6.45, 7) is 0.791. The Kier molecular flexibility index (Phi) is 4.74. The normalized spacial score (nSPS) is 35.9. The Morgan fingerprint density at radius 3 is 2.81 bits per heavy atom. The number of aliphatic hydroxyl groups excluding tert-OH is 2. The monoisotopic (exact) mass is 426 g/mol. The highest BCUT2D eigenvalue weighted by molar-refractivity contribution is 5.69. The molecule has 5 nitrogen and oxygen atoms in total. The van der Waals surface area contributed by atoms with Crippen molar-refractivity contribution in [1.82, 2.24) is 9.55 Å². The van der Waals surface area contributed by atoms with Crippen molar-refractivity contribution >= 4 is 0 Å². The first-order chi connectivity index (χ1) is 15.1. The van der Waals surface area contributed by atoms with Crippen molar-refractivity contribution in [2.24, 2.45) is 23.2 Å². The van der Waals surface area contributed by atoms with E-state index < -0.39 is 6.10 Å². The molecule has 0 radical (unpaired) electrons. The highest BCUT2D eigenvalue weighted by Crippen LogP contribution is 2.63. The van der Waals surface area contributed by atoms with Gasteiger partial charge in [-0.25, -0.2) is 9.37 Å². The Balaban J connectivity index is 1.25. The van der Waals surface area contributed by atoms with E-state index in [1.165, 1.54) is 18.9 Å². The highest BCUT2D eigenvalue weighted by atomic mass is 19.1. The van der Waals surface area contributed by atoms with Crippen LogP contribution < -0.4 is 0 Å². The van der Waals surface area contributed by atoms with Crippen LogP contribution >= 0.6 is 0 Å². The predicted octanol–water partition coefficient (Wildman–Crippen LogP) is 3.94. The Morgan fingerprint density at radius 2 is 2.03 bits per heavy atom. The molecule has 4 saturated carbocycles. The van der Waals surface area contributed by atoms with Gasteiger partial charge in [0, 0.05) is 24.3 Å². The van der Waals surface area contributed by atoms with Gasteiger partial charge in [-0.1, -0.05) is 12.1 Å². The molecule has 0 spiro atoms. The minimum absolute atomic E-state index is 0.0813. The second-order valence-electron chi connectivity index (χ2n) is 10.4. The summed E-state index contributed by atoms with van der Waals surface area (Å²) in [5.41, 5.74) is 2.46. The van der Waals surface area contributed by atoms with E-state index in [0.717, 1.165) is 30.5 Å². The number of fused-ring (bicyclic) bond motifs is 3. The molecule has 7 atom stereocenters. The lowest BCUT2D eigenvalue weighted by Crippen LogP contribution is -2.58. The fourth-order valence-electron chi connectivity index (χ4n) is 7.70. The van der Waals surface area contributed by atoms with E-state index >= 15 is 0 Å². The number of aromatic nitrogens is 2. The van der Waals surface area contributed by atoms with Crippen molar-refractivity contribution in [2.75, 3.05) is 13.2 Å². The van der Waals surface area contributed by atoms with Crippen molar-refractivity contribution in [3.05, 3.63) is 42.1 Å². The average molecular weight is 427 g/mol. The number of ether oxygens (including phenoxy) is 1. The van der Waals surface area contributed by atoms with Gasteiger partial charge in [-0.2, -0.15) is 0 Å². The van der Waals surface area contributed by atoms with Crippen LogP contribution in [0.25, 0.3) is 11.3 Å². The van der Waals surface area contributed by atoms with Crippen molar-refractivity contribution in [3.63, 3.8) is 0 Å². The van der Waals surface area contributed by atoms with Gasteiger partial charge < -0.3 is 19.5 Å². The Hall–Kier alpha value is -1.76. The Labute approximate surface area is 182 Å². The Bertz CT molecular complexity index is 959. The molecular formula is C25H31FN2O3. The minimum atomic E-state index is -0.468. The third-order valence-corrected chi connectivity index (χ3v) is 8.66. The Morgan fingerprint density at radius 1 is 1.23 bits per heavy atom. The zero-order valence-electron chi connectivity index (χ0n) is 17.8. The van der Waals surface area contributed by atoms with E-state index in [2.05, 4.69) is 4.98 Å². The van der Waals surface area contributed by atoms with E-state index in [-0.39, 0.29) is 30.0 Å². The molecule has 2 aromatic rings. The van der Waals surface area contributed by atoms with Crippen LogP contribution in [0.2, 0.25) is 0 Å². The van der Waals surface area contributed by atoms with Crippen molar-refractivity contribution in [3.8, 4) is 11.3 Å². The molecular weight excluding hydrogens is 395 g/mol. The van der Waals surface area contributed by atoms with Gasteiger partial charge >= 0.3 is 0 Å². The maximum absolute atomic E-state index is 14.8. The minimum Gasteiger partial charge on any atom is -0.396 e. The van der Waals surface area contributed by atoms with Crippen molar-refractivity contribution in [2.45, 2.75) is 63.2 Å². The molecule has 2 N–H and O–H groups in total. The van der Waals surface area contributed by atoms with Crippen LogP contribution in [0.15, 0.2) is 30.7 Å². The van der Waals surface area contributed by atoms with Crippen LogP contribution in [-0.2, 0) is 4.74 Å². The van der Waals surface area contributed by atoms with Gasteiger partial charge in [0.25, 0.3) is 0 Å². The van der Waals surface area contributed by atoms with E-state index in [1.54, 1.807) is 18.6 Å². The first-order valence-corrected chi connectivity index (χ1v) is 11.8. The molecule has 4 bridgehead atoms. The smallest absolute Gasteiger partial charge is 0.129 e. The predicted molar refractivity (Wildman–Crippen MR) is 114 cm³/mol. The molecule has 1 aromatic heterocycles. The summed E-state index contributed by atoms with van der Waals surface area (Å²) >= 11 is 0. The quantitative estimate of drug-likeness (QED) is 0.658. The summed E-state index contributed by atoms with van der Waals surface area (Å²) in [5.74, 6) is 1.47. The molecule has 7 rings (SSSR count). The molecule has 5 aliphatic rings. The average Bonchev–Trinajstić information content (AvgIpc) is 3.33. The number of rotatable bonds is 7. The van der Waals surface area contributed by atoms with E-state index in [4.69, 9.17) is 9.84 Å². The van der Waals surface area contributed by atoms with Crippen LogP contribution in [0, 0.1) is 29.0 Å². The SMILES string of the molecule is OCCCOC1C2CC3C[C@@H]1CC(C(O)CC1c4c(F)cccc4-c4cncn41)(C3)C2. The van der Waals surface area contributed by atoms with Crippen molar-refractivity contribution in [1.29, 1.82) is 0 Å². The molecule has 4 fully saturated rings. The molecule has 2 heterocycles. The van der Waals surface area contributed by atoms with Crippen LogP contribution in [0.3, 0.4) is 0 Å². The largest absolute Gasteiger partial charge is 0.396 e. The highest BCUT2D eigenvalue weighted by Gasteiger charge is 2.58. The van der Waals surface area contributed by atoms with Gasteiger partial charge in [0.2, 0.25) is 0 Å². The summed E-state index contributed by atoms with van der Waals surface area (Å²) < 4.78 is 23.1. The standard InChI is InChI=1S/C25H31FN2O3/c26-19-4-1-3-18-21-13-27-14-28(21)20(23(18)19)9-22(30)25-10-15-7-16(11-25)24(17(8-15)12-25)31-6-2-5-29/h1,3-4,13-17,20,22,24,29-30H,2,5-12H2/t15?,16-,17?,20?,22?,24?,25?/m1/s1. The molecule has 1 aromatic carbocycles. The number of hydrogen-bond acceptors (Lipinski definition) is 4. The third-order valence-electron chi connectivity index (χ3n) is 8.66. The molecule has 4 aliphatic carbocycles. The zero-order valence-corrected chi connectivity index (χ0v) is 17.8. The molecule has 31 heavy (non-hydrogen) atoms. The summed E-state index contributed by atoms with van der Waals surface area (Å²) in [6.07, 6.45) is 10.1. The number of nitrogens with zero attached hydrogens (tertiary/aromatic N) is 2. The first-order valence-electron chi connectivity index (χ1n) is 11.8. The summed E-state index contributed by atoms with van der Waals surface area (Å²) in [6, 6.07) is 5.03. The van der Waals surface area contributed by atoms with Crippen LogP contribution in [-0.4, -0.2) is 45.2 Å². The molecule has 0 amide bonds. The van der Waals surface area contributed by atoms with Crippen LogP contribution in [0.1, 0.15) is 56.6 Å². The summed E-state index contributed by atoms with van der Waals surface area (Å²) in [4.78, 5) is 4.29. The maximum atomic E-state index is 14.8. The van der Waals surface area contributed by atoms with E-state index in [9.17, 15) is 9.50 Å². The number of halogens is 1. The fraction of sp³-hybridized carbons (Fsp3) is 0.640. The van der Waals surface area contributed by atoms with Crippen LogP contribution in [0.4, 0.5) is 4.39 Å². The van der Waals surface area contributed by atoms with Gasteiger partial charge in [-0.15, -0.1) is 0 Å². The number of imidazole rings is 1.